The van der Waals surface area contributed by atoms with E-state index in [0.29, 0.717) is 5.56 Å². The number of fused-ring (bicyclic) bond motifs is 3. The van der Waals surface area contributed by atoms with Crippen molar-refractivity contribution >= 4 is 27.5 Å². The van der Waals surface area contributed by atoms with Crippen molar-refractivity contribution in [3.8, 4) is 0 Å². The molecule has 0 spiro atoms. The molecule has 3 heteroatoms. The van der Waals surface area contributed by atoms with Crippen LogP contribution in [0.1, 0.15) is 24.2 Å². The van der Waals surface area contributed by atoms with Crippen molar-refractivity contribution in [3.05, 3.63) is 67.5 Å². The fraction of sp³-hybridized carbons (Fsp3) is 0.158. The third-order valence-corrected chi connectivity index (χ3v) is 3.06. The van der Waals surface area contributed by atoms with Gasteiger partial charge < -0.3 is 4.74 Å². The summed E-state index contributed by atoms with van der Waals surface area (Å²) in [6.45, 7) is 10.0. The van der Waals surface area contributed by atoms with E-state index in [-0.39, 0.29) is 5.97 Å². The Morgan fingerprint density at radius 1 is 1.00 bits per heavy atom. The molecule has 0 radical (unpaired) electrons. The number of carbonyl (C=O) groups excluding carboxylic acids is 1. The summed E-state index contributed by atoms with van der Waals surface area (Å²) in [7, 11) is 1.39. The van der Waals surface area contributed by atoms with Crippen molar-refractivity contribution < 1.29 is 9.53 Å². The quantitative estimate of drug-likeness (QED) is 0.360. The number of hydrogen-bond donors (Lipinski definition) is 0. The largest absolute Gasteiger partial charge is 0.465 e. The topological polar surface area (TPSA) is 39.2 Å². The van der Waals surface area contributed by atoms with Crippen LogP contribution in [0.3, 0.4) is 0 Å². The van der Waals surface area contributed by atoms with Gasteiger partial charge >= 0.3 is 5.97 Å². The minimum Gasteiger partial charge on any atom is -0.465 e. The number of methoxy groups -OCH3 is 1. The van der Waals surface area contributed by atoms with Gasteiger partial charge in [0.05, 0.1) is 12.7 Å². The lowest BCUT2D eigenvalue weighted by Crippen LogP contribution is -2.00. The smallest absolute Gasteiger partial charge is 0.337 e. The van der Waals surface area contributed by atoms with Gasteiger partial charge in [-0.2, -0.15) is 0 Å². The maximum Gasteiger partial charge on any atom is 0.337 e. The van der Waals surface area contributed by atoms with Crippen molar-refractivity contribution in [2.24, 2.45) is 0 Å². The Bertz CT molecular complexity index is 766. The van der Waals surface area contributed by atoms with Crippen LogP contribution in [0.4, 0.5) is 0 Å². The van der Waals surface area contributed by atoms with Crippen LogP contribution in [0.2, 0.25) is 0 Å². The second-order valence-corrected chi connectivity index (χ2v) is 4.09. The highest BCUT2D eigenvalue weighted by molar-refractivity contribution is 6.08. The van der Waals surface area contributed by atoms with Crippen LogP contribution in [-0.4, -0.2) is 18.1 Å². The first-order valence-corrected chi connectivity index (χ1v) is 7.14. The van der Waals surface area contributed by atoms with Crippen LogP contribution >= 0.6 is 0 Å². The van der Waals surface area contributed by atoms with Crippen molar-refractivity contribution in [2.75, 3.05) is 7.11 Å². The number of aromatic nitrogens is 1. The third kappa shape index (κ3) is 3.50. The summed E-state index contributed by atoms with van der Waals surface area (Å²) in [5, 5.41) is 4.33. The van der Waals surface area contributed by atoms with Gasteiger partial charge in [-0.25, -0.2) is 4.79 Å². The molecular weight excluding hydrogens is 274 g/mol. The van der Waals surface area contributed by atoms with Crippen LogP contribution in [0.25, 0.3) is 21.5 Å². The van der Waals surface area contributed by atoms with E-state index in [0.717, 1.165) is 21.5 Å². The molecule has 0 bridgehead atoms. The van der Waals surface area contributed by atoms with Gasteiger partial charge in [-0.3, -0.25) is 4.98 Å². The molecule has 0 aliphatic heterocycles. The molecule has 0 fully saturated rings. The van der Waals surface area contributed by atoms with Crippen molar-refractivity contribution in [1.29, 1.82) is 0 Å². The predicted molar refractivity (Wildman–Crippen MR) is 93.2 cm³/mol. The summed E-state index contributed by atoms with van der Waals surface area (Å²) in [4.78, 5) is 15.6. The minimum atomic E-state index is -0.316. The molecule has 2 aromatic carbocycles. The van der Waals surface area contributed by atoms with Crippen molar-refractivity contribution in [3.63, 3.8) is 0 Å². The zero-order chi connectivity index (χ0) is 16.5. The lowest BCUT2D eigenvalue weighted by molar-refractivity contribution is 0.0601. The molecule has 0 aliphatic carbocycles. The first kappa shape index (κ1) is 17.4. The highest BCUT2D eigenvalue weighted by Gasteiger charge is 2.07. The van der Waals surface area contributed by atoms with E-state index in [4.69, 9.17) is 4.74 Å². The van der Waals surface area contributed by atoms with Crippen LogP contribution in [-0.2, 0) is 4.74 Å². The molecule has 0 saturated carbocycles. The fourth-order valence-corrected chi connectivity index (χ4v) is 2.15. The number of carbonyl (C=O) groups is 1. The summed E-state index contributed by atoms with van der Waals surface area (Å²) in [5.41, 5.74) is 0.563. The zero-order valence-corrected chi connectivity index (χ0v) is 13.3. The molecule has 114 valence electrons. The number of esters is 1. The summed E-state index contributed by atoms with van der Waals surface area (Å²) >= 11 is 0. The monoisotopic (exact) mass is 295 g/mol. The fourth-order valence-electron chi connectivity index (χ4n) is 2.15. The molecule has 3 nitrogen and oxygen atoms in total. The van der Waals surface area contributed by atoms with Crippen LogP contribution in [0, 0.1) is 0 Å². The molecule has 0 aliphatic rings. The molecule has 1 heterocycles. The number of pyridine rings is 1. The molecule has 3 aromatic rings. The van der Waals surface area contributed by atoms with E-state index in [2.05, 4.69) is 18.1 Å². The molecule has 0 unspecified atom stereocenters. The van der Waals surface area contributed by atoms with E-state index < -0.39 is 0 Å². The summed E-state index contributed by atoms with van der Waals surface area (Å²) < 4.78 is 4.72. The average Bonchev–Trinajstić information content (AvgIpc) is 2.63. The van der Waals surface area contributed by atoms with Gasteiger partial charge in [0, 0.05) is 17.8 Å². The number of rotatable bonds is 1. The van der Waals surface area contributed by atoms with Crippen LogP contribution in [0.5, 0.6) is 0 Å². The Morgan fingerprint density at radius 2 is 1.68 bits per heavy atom. The van der Waals surface area contributed by atoms with E-state index in [9.17, 15) is 4.79 Å². The Labute approximate surface area is 131 Å². The van der Waals surface area contributed by atoms with Gasteiger partial charge in [0.1, 0.15) is 0 Å². The van der Waals surface area contributed by atoms with Gasteiger partial charge in [0.2, 0.25) is 0 Å². The van der Waals surface area contributed by atoms with Crippen molar-refractivity contribution in [2.45, 2.75) is 13.8 Å². The first-order valence-electron chi connectivity index (χ1n) is 7.14. The van der Waals surface area contributed by atoms with Gasteiger partial charge in [0.25, 0.3) is 0 Å². The molecule has 0 N–H and O–H groups in total. The summed E-state index contributed by atoms with van der Waals surface area (Å²) in [5.74, 6) is -0.316. The summed E-state index contributed by atoms with van der Waals surface area (Å²) in [6, 6.07) is 11.6. The number of benzene rings is 2. The van der Waals surface area contributed by atoms with Gasteiger partial charge in [-0.1, -0.05) is 32.0 Å². The normalized spacial score (nSPS) is 9.23. The average molecular weight is 295 g/mol. The maximum atomic E-state index is 11.5. The van der Waals surface area contributed by atoms with E-state index in [1.807, 2.05) is 50.4 Å². The minimum absolute atomic E-state index is 0.316. The first-order chi connectivity index (χ1) is 10.8. The van der Waals surface area contributed by atoms with Gasteiger partial charge in [0.15, 0.2) is 0 Å². The van der Waals surface area contributed by atoms with E-state index in [1.165, 1.54) is 7.11 Å². The molecule has 0 amide bonds. The Kier molecular flexibility index (Phi) is 6.77. The third-order valence-electron chi connectivity index (χ3n) is 3.06. The lowest BCUT2D eigenvalue weighted by atomic mass is 10.0. The predicted octanol–water partition coefficient (Wildman–Crippen LogP) is 5.00. The Morgan fingerprint density at radius 3 is 2.36 bits per heavy atom. The molecule has 0 saturated heterocycles. The molecule has 22 heavy (non-hydrogen) atoms. The lowest BCUT2D eigenvalue weighted by Gasteiger charge is -2.05. The summed E-state index contributed by atoms with van der Waals surface area (Å²) in [6.07, 6.45) is 3.62. The van der Waals surface area contributed by atoms with E-state index >= 15 is 0 Å². The zero-order valence-electron chi connectivity index (χ0n) is 13.3. The number of nitrogens with zero attached hydrogens (tertiary/aromatic N) is 1. The van der Waals surface area contributed by atoms with E-state index in [1.54, 1.807) is 12.3 Å². The molecule has 3 rings (SSSR count). The van der Waals surface area contributed by atoms with Crippen LogP contribution in [0.15, 0.2) is 61.9 Å². The number of hydrogen-bond acceptors (Lipinski definition) is 3. The Hall–Kier alpha value is -2.68. The molecule has 1 aromatic heterocycles. The highest BCUT2D eigenvalue weighted by atomic mass is 16.5. The maximum absolute atomic E-state index is 11.5. The Balaban J connectivity index is 0.000000561. The molecule has 0 atom stereocenters. The highest BCUT2D eigenvalue weighted by Crippen LogP contribution is 2.25. The van der Waals surface area contributed by atoms with Crippen molar-refractivity contribution in [1.82, 2.24) is 4.98 Å². The SMILES string of the molecule is C=C.CC.COC(=O)c1ccc2c(ccc3ccncc32)c1. The van der Waals surface area contributed by atoms with Gasteiger partial charge in [-0.15, -0.1) is 13.2 Å². The second-order valence-electron chi connectivity index (χ2n) is 4.09. The second kappa shape index (κ2) is 8.57. The molecular formula is C19H21NO2. The number of ether oxygens (including phenoxy) is 1. The standard InChI is InChI=1S/C15H11NO2.C2H6.C2H4/c1-18-15(17)12-4-5-13-11(8-12)3-2-10-6-7-16-9-14(10)13;2*1-2/h2-9H,1H3;1-2H3;1-2H2. The van der Waals surface area contributed by atoms with Crippen LogP contribution < -0.4 is 0 Å². The van der Waals surface area contributed by atoms with Gasteiger partial charge in [-0.05, 0) is 34.4 Å².